The Morgan fingerprint density at radius 1 is 1.19 bits per heavy atom. The number of rotatable bonds is 7. The average molecular weight is 410 g/mol. The number of nitrogens with one attached hydrogen (secondary N) is 1. The van der Waals surface area contributed by atoms with Gasteiger partial charge in [-0.2, -0.15) is 0 Å². The van der Waals surface area contributed by atoms with E-state index in [9.17, 15) is 13.2 Å². The molecule has 2 aromatic rings. The van der Waals surface area contributed by atoms with Crippen molar-refractivity contribution in [2.45, 2.75) is 43.5 Å². The molecule has 0 spiro atoms. The van der Waals surface area contributed by atoms with Crippen LogP contribution in [-0.4, -0.2) is 27.5 Å². The summed E-state index contributed by atoms with van der Waals surface area (Å²) in [5.41, 5.74) is 0.940. The highest BCUT2D eigenvalue weighted by Gasteiger charge is 2.27. The summed E-state index contributed by atoms with van der Waals surface area (Å²) in [6, 6.07) is 13.6. The molecule has 0 saturated carbocycles. The Balaban J connectivity index is 2.20. The topological polar surface area (TPSA) is 72.5 Å². The Labute approximate surface area is 165 Å². The number of benzene rings is 2. The number of esters is 1. The fraction of sp³-hybridized carbons (Fsp3) is 0.350. The van der Waals surface area contributed by atoms with Gasteiger partial charge in [-0.15, -0.1) is 0 Å². The molecule has 2 aromatic carbocycles. The predicted octanol–water partition coefficient (Wildman–Crippen LogP) is 4.16. The minimum atomic E-state index is -3.81. The molecule has 0 bridgehead atoms. The molecular formula is C20H24ClNO4S. The molecule has 7 heteroatoms. The summed E-state index contributed by atoms with van der Waals surface area (Å²) in [4.78, 5) is 11.7. The van der Waals surface area contributed by atoms with E-state index in [-0.39, 0.29) is 26.9 Å². The van der Waals surface area contributed by atoms with Gasteiger partial charge in [0, 0.05) is 6.04 Å². The predicted molar refractivity (Wildman–Crippen MR) is 107 cm³/mol. The van der Waals surface area contributed by atoms with Crippen molar-refractivity contribution in [3.8, 4) is 0 Å². The molecule has 2 rings (SSSR count). The van der Waals surface area contributed by atoms with Crippen LogP contribution in [0.5, 0.6) is 0 Å². The summed E-state index contributed by atoms with van der Waals surface area (Å²) in [6.45, 7) is 5.97. The summed E-state index contributed by atoms with van der Waals surface area (Å²) in [5, 5.41) is 0.138. The van der Waals surface area contributed by atoms with E-state index in [1.54, 1.807) is 0 Å². The normalized spacial score (nSPS) is 13.2. The molecule has 5 nitrogen and oxygen atoms in total. The molecule has 146 valence electrons. The second-order valence-electron chi connectivity index (χ2n) is 7.11. The van der Waals surface area contributed by atoms with E-state index in [0.29, 0.717) is 6.42 Å². The van der Waals surface area contributed by atoms with E-state index in [4.69, 9.17) is 11.6 Å². The highest BCUT2D eigenvalue weighted by atomic mass is 35.5. The maximum absolute atomic E-state index is 12.7. The van der Waals surface area contributed by atoms with Gasteiger partial charge < -0.3 is 4.74 Å². The van der Waals surface area contributed by atoms with Crippen molar-refractivity contribution < 1.29 is 17.9 Å². The minimum Gasteiger partial charge on any atom is -0.465 e. The van der Waals surface area contributed by atoms with Gasteiger partial charge >= 0.3 is 5.97 Å². The molecule has 0 aliphatic heterocycles. The number of ether oxygens (including phenoxy) is 1. The van der Waals surface area contributed by atoms with E-state index in [1.165, 1.54) is 25.3 Å². The Morgan fingerprint density at radius 3 is 2.41 bits per heavy atom. The number of halogens is 1. The van der Waals surface area contributed by atoms with E-state index in [0.717, 1.165) is 5.56 Å². The Bertz CT molecular complexity index is 911. The molecule has 0 heterocycles. The SMILES string of the molecule is COC(=O)c1cc(S(=O)(=O)N[C@@H](C)CC(C)(C)c2ccccc2)ccc1Cl. The lowest BCUT2D eigenvalue weighted by molar-refractivity contribution is 0.0600. The minimum absolute atomic E-state index is 0.0133. The molecule has 0 radical (unpaired) electrons. The van der Waals surface area contributed by atoms with E-state index in [2.05, 4.69) is 23.3 Å². The van der Waals surface area contributed by atoms with Gasteiger partial charge in [0.25, 0.3) is 0 Å². The molecule has 1 N–H and O–H groups in total. The van der Waals surface area contributed by atoms with Crippen LogP contribution in [0.2, 0.25) is 5.02 Å². The Morgan fingerprint density at radius 2 is 1.81 bits per heavy atom. The van der Waals surface area contributed by atoms with E-state index < -0.39 is 16.0 Å². The Hall–Kier alpha value is -1.89. The molecule has 0 aliphatic rings. The van der Waals surface area contributed by atoms with Crippen LogP contribution in [0.4, 0.5) is 0 Å². The fourth-order valence-electron chi connectivity index (χ4n) is 3.09. The number of hydrogen-bond donors (Lipinski definition) is 1. The number of hydrogen-bond acceptors (Lipinski definition) is 4. The third kappa shape index (κ3) is 5.31. The molecule has 0 aromatic heterocycles. The average Bonchev–Trinajstić information content (AvgIpc) is 2.61. The summed E-state index contributed by atoms with van der Waals surface area (Å²) in [5.74, 6) is -0.685. The first-order valence-electron chi connectivity index (χ1n) is 8.52. The maximum Gasteiger partial charge on any atom is 0.339 e. The molecule has 1 atom stereocenters. The van der Waals surface area contributed by atoms with E-state index >= 15 is 0 Å². The summed E-state index contributed by atoms with van der Waals surface area (Å²) < 4.78 is 32.8. The van der Waals surface area contributed by atoms with Gasteiger partial charge in [-0.1, -0.05) is 55.8 Å². The number of methoxy groups -OCH3 is 1. The largest absolute Gasteiger partial charge is 0.465 e. The smallest absolute Gasteiger partial charge is 0.339 e. The monoisotopic (exact) mass is 409 g/mol. The molecule has 0 amide bonds. The van der Waals surface area contributed by atoms with Crippen LogP contribution in [0.25, 0.3) is 0 Å². The van der Waals surface area contributed by atoms with Crippen molar-refractivity contribution in [1.29, 1.82) is 0 Å². The molecule has 27 heavy (non-hydrogen) atoms. The van der Waals surface area contributed by atoms with Gasteiger partial charge in [-0.3, -0.25) is 0 Å². The fourth-order valence-corrected chi connectivity index (χ4v) is 4.55. The lowest BCUT2D eigenvalue weighted by Gasteiger charge is -2.29. The zero-order chi connectivity index (χ0) is 20.2. The van der Waals surface area contributed by atoms with Gasteiger partial charge in [0.15, 0.2) is 0 Å². The van der Waals surface area contributed by atoms with Crippen molar-refractivity contribution >= 4 is 27.6 Å². The Kier molecular flexibility index (Phi) is 6.68. The van der Waals surface area contributed by atoms with Crippen LogP contribution in [-0.2, 0) is 20.2 Å². The van der Waals surface area contributed by atoms with Crippen LogP contribution in [0, 0.1) is 0 Å². The van der Waals surface area contributed by atoms with Gasteiger partial charge in [0.1, 0.15) is 0 Å². The van der Waals surface area contributed by atoms with Gasteiger partial charge in [-0.05, 0) is 42.5 Å². The molecule has 0 saturated heterocycles. The first kappa shape index (κ1) is 21.4. The standard InChI is InChI=1S/C20H24ClNO4S/c1-14(13-20(2,3)15-8-6-5-7-9-15)22-27(24,25)16-10-11-18(21)17(12-16)19(23)26-4/h5-12,14,22H,13H2,1-4H3/t14-/m0/s1. The quantitative estimate of drug-likeness (QED) is 0.697. The molecule has 0 unspecified atom stereocenters. The zero-order valence-electron chi connectivity index (χ0n) is 15.8. The first-order chi connectivity index (χ1) is 12.6. The van der Waals surface area contributed by atoms with Crippen molar-refractivity contribution in [3.63, 3.8) is 0 Å². The van der Waals surface area contributed by atoms with Crippen molar-refractivity contribution in [3.05, 3.63) is 64.7 Å². The van der Waals surface area contributed by atoms with Crippen molar-refractivity contribution in [2.75, 3.05) is 7.11 Å². The lowest BCUT2D eigenvalue weighted by atomic mass is 9.79. The third-order valence-electron chi connectivity index (χ3n) is 4.38. The number of sulfonamides is 1. The van der Waals surface area contributed by atoms with Crippen molar-refractivity contribution in [2.24, 2.45) is 0 Å². The molecule has 0 fully saturated rings. The van der Waals surface area contributed by atoms with Gasteiger partial charge in [0.05, 0.1) is 22.6 Å². The van der Waals surface area contributed by atoms with Crippen LogP contribution >= 0.6 is 11.6 Å². The van der Waals surface area contributed by atoms with Crippen LogP contribution in [0.3, 0.4) is 0 Å². The molecule has 0 aliphatic carbocycles. The zero-order valence-corrected chi connectivity index (χ0v) is 17.4. The van der Waals surface area contributed by atoms with Crippen molar-refractivity contribution in [1.82, 2.24) is 4.72 Å². The number of carbonyl (C=O) groups is 1. The lowest BCUT2D eigenvalue weighted by Crippen LogP contribution is -2.37. The summed E-state index contributed by atoms with van der Waals surface area (Å²) in [6.07, 6.45) is 0.605. The highest BCUT2D eigenvalue weighted by molar-refractivity contribution is 7.89. The summed E-state index contributed by atoms with van der Waals surface area (Å²) in [7, 11) is -2.60. The van der Waals surface area contributed by atoms with Gasteiger partial charge in [0.2, 0.25) is 10.0 Å². The number of carbonyl (C=O) groups excluding carboxylic acids is 1. The third-order valence-corrected chi connectivity index (χ3v) is 6.30. The highest BCUT2D eigenvalue weighted by Crippen LogP contribution is 2.29. The first-order valence-corrected chi connectivity index (χ1v) is 10.4. The van der Waals surface area contributed by atoms with Crippen LogP contribution in [0.15, 0.2) is 53.4 Å². The van der Waals surface area contributed by atoms with Crippen LogP contribution in [0.1, 0.15) is 43.1 Å². The van der Waals surface area contributed by atoms with Gasteiger partial charge in [-0.25, -0.2) is 17.9 Å². The van der Waals surface area contributed by atoms with Crippen LogP contribution < -0.4 is 4.72 Å². The maximum atomic E-state index is 12.7. The van der Waals surface area contributed by atoms with E-state index in [1.807, 2.05) is 37.3 Å². The summed E-state index contributed by atoms with van der Waals surface area (Å²) >= 11 is 5.96. The molecular weight excluding hydrogens is 386 g/mol. The second kappa shape index (κ2) is 8.42. The second-order valence-corrected chi connectivity index (χ2v) is 9.23.